The quantitative estimate of drug-likeness (QED) is 0.765. The van der Waals surface area contributed by atoms with E-state index in [9.17, 15) is 13.2 Å². The minimum atomic E-state index is -3.18. The van der Waals surface area contributed by atoms with Gasteiger partial charge >= 0.3 is 0 Å². The molecule has 1 amide bonds. The lowest BCUT2D eigenvalue weighted by Gasteiger charge is -2.29. The van der Waals surface area contributed by atoms with Gasteiger partial charge in [0, 0.05) is 30.6 Å². The SMILES string of the molecule is CS(=O)(=O)N1CCC(C(=O)NCC#CCOc2cccc3cccnc23)CC1. The van der Waals surface area contributed by atoms with Crippen molar-refractivity contribution in [3.63, 3.8) is 0 Å². The van der Waals surface area contributed by atoms with Gasteiger partial charge in [-0.1, -0.05) is 30.0 Å². The molecule has 0 spiro atoms. The predicted molar refractivity (Wildman–Crippen MR) is 107 cm³/mol. The number of ether oxygens (including phenoxy) is 1. The Bertz CT molecular complexity index is 998. The first kappa shape index (κ1) is 20.1. The summed E-state index contributed by atoms with van der Waals surface area (Å²) in [7, 11) is -3.18. The maximum Gasteiger partial charge on any atom is 0.223 e. The number of fused-ring (bicyclic) bond motifs is 1. The van der Waals surface area contributed by atoms with Crippen molar-refractivity contribution in [2.45, 2.75) is 12.8 Å². The second-order valence-electron chi connectivity index (χ2n) is 6.63. The molecule has 1 aliphatic heterocycles. The standard InChI is InChI=1S/C20H23N3O4S/c1-28(25,26)23-13-9-17(10-14-23)20(24)22-11-2-3-15-27-18-8-4-6-16-7-5-12-21-19(16)18/h4-8,12,17H,9-11,13-15H2,1H3,(H,22,24). The van der Waals surface area contributed by atoms with Gasteiger partial charge in [-0.3, -0.25) is 9.78 Å². The van der Waals surface area contributed by atoms with Crippen LogP contribution < -0.4 is 10.1 Å². The van der Waals surface area contributed by atoms with E-state index in [1.807, 2.05) is 30.3 Å². The number of pyridine rings is 1. The van der Waals surface area contributed by atoms with E-state index >= 15 is 0 Å². The molecule has 7 nitrogen and oxygen atoms in total. The molecule has 28 heavy (non-hydrogen) atoms. The first-order valence-corrected chi connectivity index (χ1v) is 10.9. The normalized spacial score (nSPS) is 15.6. The summed E-state index contributed by atoms with van der Waals surface area (Å²) in [5.41, 5.74) is 0.792. The molecule has 1 aliphatic rings. The smallest absolute Gasteiger partial charge is 0.223 e. The molecule has 0 unspecified atom stereocenters. The molecule has 8 heteroatoms. The highest BCUT2D eigenvalue weighted by Gasteiger charge is 2.28. The summed E-state index contributed by atoms with van der Waals surface area (Å²) in [5.74, 6) is 6.18. The van der Waals surface area contributed by atoms with Crippen molar-refractivity contribution in [1.29, 1.82) is 0 Å². The summed E-state index contributed by atoms with van der Waals surface area (Å²) in [6, 6.07) is 9.57. The van der Waals surface area contributed by atoms with Crippen LogP contribution in [0.5, 0.6) is 5.75 Å². The van der Waals surface area contributed by atoms with Gasteiger partial charge in [-0.25, -0.2) is 12.7 Å². The van der Waals surface area contributed by atoms with E-state index in [-0.39, 0.29) is 25.0 Å². The zero-order valence-corrected chi connectivity index (χ0v) is 16.5. The fourth-order valence-electron chi connectivity index (χ4n) is 3.15. The molecule has 1 fully saturated rings. The Hall–Kier alpha value is -2.63. The van der Waals surface area contributed by atoms with Crippen LogP contribution in [0.15, 0.2) is 36.5 Å². The molecule has 0 atom stereocenters. The number of carbonyl (C=O) groups excluding carboxylic acids is 1. The minimum absolute atomic E-state index is 0.0818. The Morgan fingerprint density at radius 2 is 2.00 bits per heavy atom. The topological polar surface area (TPSA) is 88.6 Å². The van der Waals surface area contributed by atoms with Gasteiger partial charge in [0.25, 0.3) is 0 Å². The third-order valence-corrected chi connectivity index (χ3v) is 5.97. The van der Waals surface area contributed by atoms with Crippen molar-refractivity contribution in [2.75, 3.05) is 32.5 Å². The van der Waals surface area contributed by atoms with E-state index in [1.54, 1.807) is 6.20 Å². The van der Waals surface area contributed by atoms with Crippen LogP contribution in [-0.2, 0) is 14.8 Å². The van der Waals surface area contributed by atoms with Gasteiger partial charge in [-0.05, 0) is 25.0 Å². The number of sulfonamides is 1. The summed E-state index contributed by atoms with van der Waals surface area (Å²) in [4.78, 5) is 16.5. The van der Waals surface area contributed by atoms with Gasteiger partial charge in [0.1, 0.15) is 17.9 Å². The largest absolute Gasteiger partial charge is 0.479 e. The maximum absolute atomic E-state index is 12.2. The second kappa shape index (κ2) is 9.04. The molecule has 3 rings (SSSR count). The number of aromatic nitrogens is 1. The van der Waals surface area contributed by atoms with Crippen LogP contribution in [-0.4, -0.2) is 56.1 Å². The van der Waals surface area contributed by atoms with E-state index in [4.69, 9.17) is 4.74 Å². The van der Waals surface area contributed by atoms with Crippen molar-refractivity contribution < 1.29 is 17.9 Å². The first-order chi connectivity index (χ1) is 13.4. The van der Waals surface area contributed by atoms with Crippen molar-refractivity contribution in [2.24, 2.45) is 5.92 Å². The molecule has 2 aromatic rings. The van der Waals surface area contributed by atoms with Crippen molar-refractivity contribution in [3.8, 4) is 17.6 Å². The fourth-order valence-corrected chi connectivity index (χ4v) is 4.02. The number of nitrogens with one attached hydrogen (secondary N) is 1. The van der Waals surface area contributed by atoms with E-state index in [1.165, 1.54) is 10.6 Å². The number of hydrogen-bond acceptors (Lipinski definition) is 5. The Labute approximate surface area is 165 Å². The third kappa shape index (κ3) is 5.21. The van der Waals surface area contributed by atoms with Crippen LogP contribution in [0.2, 0.25) is 0 Å². The second-order valence-corrected chi connectivity index (χ2v) is 8.61. The first-order valence-electron chi connectivity index (χ1n) is 9.10. The van der Waals surface area contributed by atoms with E-state index < -0.39 is 10.0 Å². The molecule has 2 heterocycles. The number of amides is 1. The van der Waals surface area contributed by atoms with Crippen LogP contribution in [0.3, 0.4) is 0 Å². The number of piperidine rings is 1. The van der Waals surface area contributed by atoms with Gasteiger partial charge in [-0.15, -0.1) is 0 Å². The van der Waals surface area contributed by atoms with Crippen molar-refractivity contribution in [1.82, 2.24) is 14.6 Å². The zero-order chi connectivity index (χ0) is 20.0. The van der Waals surface area contributed by atoms with E-state index in [0.29, 0.717) is 31.7 Å². The Morgan fingerprint density at radius 1 is 1.25 bits per heavy atom. The third-order valence-electron chi connectivity index (χ3n) is 4.67. The summed E-state index contributed by atoms with van der Waals surface area (Å²) in [5, 5.41) is 3.79. The minimum Gasteiger partial charge on any atom is -0.479 e. The van der Waals surface area contributed by atoms with Gasteiger partial charge in [0.05, 0.1) is 12.8 Å². The molecule has 1 aromatic carbocycles. The van der Waals surface area contributed by atoms with Crippen LogP contribution >= 0.6 is 0 Å². The van der Waals surface area contributed by atoms with Gasteiger partial charge in [0.2, 0.25) is 15.9 Å². The van der Waals surface area contributed by atoms with Crippen molar-refractivity contribution >= 4 is 26.8 Å². The number of para-hydroxylation sites is 1. The summed E-state index contributed by atoms with van der Waals surface area (Å²) >= 11 is 0. The molecule has 0 radical (unpaired) electrons. The maximum atomic E-state index is 12.2. The summed E-state index contributed by atoms with van der Waals surface area (Å²) < 4.78 is 30.1. The number of nitrogens with zero attached hydrogens (tertiary/aromatic N) is 2. The van der Waals surface area contributed by atoms with Crippen LogP contribution in [0.1, 0.15) is 12.8 Å². The molecule has 1 saturated heterocycles. The molecule has 1 N–H and O–H groups in total. The van der Waals surface area contributed by atoms with Crippen LogP contribution in [0.4, 0.5) is 0 Å². The number of rotatable bonds is 5. The monoisotopic (exact) mass is 401 g/mol. The van der Waals surface area contributed by atoms with Crippen LogP contribution in [0.25, 0.3) is 10.9 Å². The molecular formula is C20H23N3O4S. The van der Waals surface area contributed by atoms with Gasteiger partial charge < -0.3 is 10.1 Å². The highest BCUT2D eigenvalue weighted by molar-refractivity contribution is 7.88. The zero-order valence-electron chi connectivity index (χ0n) is 15.7. The Balaban J connectivity index is 1.41. The van der Waals surface area contributed by atoms with Crippen LogP contribution in [0, 0.1) is 17.8 Å². The molecule has 0 bridgehead atoms. The average Bonchev–Trinajstić information content (AvgIpc) is 2.70. The number of hydrogen-bond donors (Lipinski definition) is 1. The Morgan fingerprint density at radius 3 is 2.75 bits per heavy atom. The van der Waals surface area contributed by atoms with Gasteiger partial charge in [-0.2, -0.15) is 0 Å². The van der Waals surface area contributed by atoms with E-state index in [0.717, 1.165) is 10.9 Å². The molecule has 1 aromatic heterocycles. The summed E-state index contributed by atoms with van der Waals surface area (Å²) in [6.07, 6.45) is 3.98. The Kier molecular flexibility index (Phi) is 6.49. The molecular weight excluding hydrogens is 378 g/mol. The number of benzene rings is 1. The fraction of sp³-hybridized carbons (Fsp3) is 0.400. The van der Waals surface area contributed by atoms with E-state index in [2.05, 4.69) is 22.1 Å². The number of carbonyl (C=O) groups is 1. The molecule has 148 valence electrons. The predicted octanol–water partition coefficient (Wildman–Crippen LogP) is 1.40. The lowest BCUT2D eigenvalue weighted by atomic mass is 9.97. The average molecular weight is 401 g/mol. The van der Waals surface area contributed by atoms with Gasteiger partial charge in [0.15, 0.2) is 0 Å². The lowest BCUT2D eigenvalue weighted by Crippen LogP contribution is -2.42. The molecule has 0 aliphatic carbocycles. The molecule has 0 saturated carbocycles. The highest BCUT2D eigenvalue weighted by Crippen LogP contribution is 2.22. The summed E-state index contributed by atoms with van der Waals surface area (Å²) in [6.45, 7) is 1.21. The van der Waals surface area contributed by atoms with Crippen molar-refractivity contribution in [3.05, 3.63) is 36.5 Å². The highest BCUT2D eigenvalue weighted by atomic mass is 32.2. The lowest BCUT2D eigenvalue weighted by molar-refractivity contribution is -0.125.